The van der Waals surface area contributed by atoms with E-state index >= 15 is 0 Å². The van der Waals surface area contributed by atoms with Gasteiger partial charge in [0.1, 0.15) is 10.6 Å². The summed E-state index contributed by atoms with van der Waals surface area (Å²) in [4.78, 5) is 2.11. The topological polar surface area (TPSA) is 49.9 Å². The van der Waals surface area contributed by atoms with Gasteiger partial charge in [0.05, 0.1) is 25.0 Å². The first kappa shape index (κ1) is 16.0. The third-order valence-corrected chi connectivity index (χ3v) is 5.96. The second-order valence-corrected chi connectivity index (χ2v) is 7.55. The summed E-state index contributed by atoms with van der Waals surface area (Å²) in [5.74, 6) is 0.283. The van der Waals surface area contributed by atoms with E-state index in [1.165, 1.54) is 17.5 Å². The number of hydrogen-bond acceptors (Lipinski definition) is 4. The van der Waals surface area contributed by atoms with Crippen LogP contribution in [-0.4, -0.2) is 35.7 Å². The Morgan fingerprint density at radius 2 is 1.78 bits per heavy atom. The Hall–Kier alpha value is -1.92. The first-order valence-electron chi connectivity index (χ1n) is 7.11. The van der Waals surface area contributed by atoms with Crippen molar-refractivity contribution in [1.29, 1.82) is 0 Å². The van der Waals surface area contributed by atoms with Gasteiger partial charge in [0.25, 0.3) is 10.0 Å². The number of fused-ring (bicyclic) bond motifs is 1. The van der Waals surface area contributed by atoms with Gasteiger partial charge in [-0.1, -0.05) is 23.7 Å². The molecule has 3 rings (SSSR count). The van der Waals surface area contributed by atoms with E-state index in [-0.39, 0.29) is 10.6 Å². The van der Waals surface area contributed by atoms with Crippen LogP contribution in [0.1, 0.15) is 0 Å². The summed E-state index contributed by atoms with van der Waals surface area (Å²) >= 11 is 6.00. The Bertz CT molecular complexity index is 839. The summed E-state index contributed by atoms with van der Waals surface area (Å²) < 4.78 is 32.9. The van der Waals surface area contributed by atoms with E-state index in [2.05, 4.69) is 0 Å². The summed E-state index contributed by atoms with van der Waals surface area (Å²) in [5, 5.41) is 0.354. The number of methoxy groups -OCH3 is 1. The van der Waals surface area contributed by atoms with Gasteiger partial charge in [-0.2, -0.15) is 0 Å². The maximum atomic E-state index is 13.2. The Labute approximate surface area is 141 Å². The SMILES string of the molecule is COc1ccc(Cl)cc1S(=O)(=O)N1CCN(C)c2ccccc21. The van der Waals surface area contributed by atoms with Gasteiger partial charge in [-0.25, -0.2) is 8.42 Å². The van der Waals surface area contributed by atoms with Crippen molar-refractivity contribution in [2.75, 3.05) is 36.5 Å². The highest BCUT2D eigenvalue weighted by Crippen LogP contribution is 2.38. The molecule has 0 N–H and O–H groups in total. The van der Waals surface area contributed by atoms with Crippen LogP contribution in [0.2, 0.25) is 5.02 Å². The molecule has 0 atom stereocenters. The zero-order valence-corrected chi connectivity index (χ0v) is 14.4. The summed E-state index contributed by atoms with van der Waals surface area (Å²) in [7, 11) is -0.375. The van der Waals surface area contributed by atoms with Crippen LogP contribution in [0.25, 0.3) is 0 Å². The Balaban J connectivity index is 2.15. The van der Waals surface area contributed by atoms with Crippen molar-refractivity contribution in [2.45, 2.75) is 4.90 Å². The standard InChI is InChI=1S/C16H17ClN2O3S/c1-18-9-10-19(14-6-4-3-5-13(14)18)23(20,21)16-11-12(17)7-8-15(16)22-2/h3-8,11H,9-10H2,1-2H3. The average molecular weight is 353 g/mol. The van der Waals surface area contributed by atoms with Crippen LogP contribution >= 0.6 is 11.6 Å². The first-order valence-corrected chi connectivity index (χ1v) is 8.93. The lowest BCUT2D eigenvalue weighted by Gasteiger charge is -2.36. The van der Waals surface area contributed by atoms with E-state index < -0.39 is 10.0 Å². The third-order valence-electron chi connectivity index (χ3n) is 3.89. The molecule has 0 saturated heterocycles. The van der Waals surface area contributed by atoms with Crippen LogP contribution in [0.3, 0.4) is 0 Å². The second-order valence-electron chi connectivity index (χ2n) is 5.28. The molecule has 1 heterocycles. The number of hydrogen-bond donors (Lipinski definition) is 0. The molecule has 7 heteroatoms. The number of nitrogens with zero attached hydrogens (tertiary/aromatic N) is 2. The minimum Gasteiger partial charge on any atom is -0.495 e. The van der Waals surface area contributed by atoms with Gasteiger partial charge in [0.2, 0.25) is 0 Å². The van der Waals surface area contributed by atoms with E-state index in [1.54, 1.807) is 18.2 Å². The molecule has 0 aromatic heterocycles. The van der Waals surface area contributed by atoms with Gasteiger partial charge >= 0.3 is 0 Å². The number of halogens is 1. The summed E-state index contributed by atoms with van der Waals surface area (Å²) in [6.07, 6.45) is 0. The van der Waals surface area contributed by atoms with Crippen LogP contribution in [0.15, 0.2) is 47.4 Å². The molecule has 5 nitrogen and oxygen atoms in total. The normalized spacial score (nSPS) is 14.6. The van der Waals surface area contributed by atoms with Crippen LogP contribution in [0, 0.1) is 0 Å². The molecule has 2 aromatic rings. The predicted octanol–water partition coefficient (Wildman–Crippen LogP) is 2.99. The van der Waals surface area contributed by atoms with Gasteiger partial charge < -0.3 is 9.64 Å². The number of benzene rings is 2. The van der Waals surface area contributed by atoms with Gasteiger partial charge in [-0.3, -0.25) is 4.31 Å². The van der Waals surface area contributed by atoms with Crippen molar-refractivity contribution in [1.82, 2.24) is 0 Å². The summed E-state index contributed by atoms with van der Waals surface area (Å²) in [6.45, 7) is 0.977. The van der Waals surface area contributed by atoms with E-state index in [4.69, 9.17) is 16.3 Å². The number of sulfonamides is 1. The van der Waals surface area contributed by atoms with Crippen molar-refractivity contribution in [2.24, 2.45) is 0 Å². The molecule has 122 valence electrons. The maximum absolute atomic E-state index is 13.2. The van der Waals surface area contributed by atoms with E-state index in [0.717, 1.165) is 5.69 Å². The highest BCUT2D eigenvalue weighted by Gasteiger charge is 2.32. The fourth-order valence-electron chi connectivity index (χ4n) is 2.70. The third kappa shape index (κ3) is 2.72. The number of anilines is 2. The van der Waals surface area contributed by atoms with Crippen molar-refractivity contribution >= 4 is 33.0 Å². The molecular weight excluding hydrogens is 336 g/mol. The lowest BCUT2D eigenvalue weighted by Crippen LogP contribution is -2.42. The highest BCUT2D eigenvalue weighted by molar-refractivity contribution is 7.93. The maximum Gasteiger partial charge on any atom is 0.268 e. The quantitative estimate of drug-likeness (QED) is 0.852. The molecule has 0 radical (unpaired) electrons. The van der Waals surface area contributed by atoms with Gasteiger partial charge in [0, 0.05) is 18.6 Å². The van der Waals surface area contributed by atoms with Gasteiger partial charge in [-0.15, -0.1) is 0 Å². The monoisotopic (exact) mass is 352 g/mol. The highest BCUT2D eigenvalue weighted by atomic mass is 35.5. The molecule has 0 amide bonds. The molecule has 2 aromatic carbocycles. The van der Waals surface area contributed by atoms with Crippen molar-refractivity contribution in [3.63, 3.8) is 0 Å². The lowest BCUT2D eigenvalue weighted by atomic mass is 10.2. The molecule has 0 aliphatic carbocycles. The van der Waals surface area contributed by atoms with Gasteiger partial charge in [0.15, 0.2) is 0 Å². The molecule has 0 fully saturated rings. The predicted molar refractivity (Wildman–Crippen MR) is 92.2 cm³/mol. The Morgan fingerprint density at radius 1 is 1.09 bits per heavy atom. The smallest absolute Gasteiger partial charge is 0.268 e. The van der Waals surface area contributed by atoms with Crippen molar-refractivity contribution in [3.05, 3.63) is 47.5 Å². The van der Waals surface area contributed by atoms with Crippen LogP contribution in [-0.2, 0) is 10.0 Å². The molecule has 0 unspecified atom stereocenters. The Morgan fingerprint density at radius 3 is 2.48 bits per heavy atom. The number of rotatable bonds is 3. The molecule has 23 heavy (non-hydrogen) atoms. The minimum absolute atomic E-state index is 0.0758. The van der Waals surface area contributed by atoms with Crippen molar-refractivity contribution < 1.29 is 13.2 Å². The van der Waals surface area contributed by atoms with E-state index in [9.17, 15) is 8.42 Å². The molecular formula is C16H17ClN2O3S. The van der Waals surface area contributed by atoms with Crippen LogP contribution < -0.4 is 13.9 Å². The molecule has 0 bridgehead atoms. The van der Waals surface area contributed by atoms with Crippen LogP contribution in [0.5, 0.6) is 5.75 Å². The van der Waals surface area contributed by atoms with Gasteiger partial charge in [-0.05, 0) is 30.3 Å². The number of likely N-dealkylation sites (N-methyl/N-ethyl adjacent to an activating group) is 1. The van der Waals surface area contributed by atoms with E-state index in [1.807, 2.05) is 30.1 Å². The van der Waals surface area contributed by atoms with Crippen molar-refractivity contribution in [3.8, 4) is 5.75 Å². The fraction of sp³-hybridized carbons (Fsp3) is 0.250. The minimum atomic E-state index is -3.77. The zero-order valence-electron chi connectivity index (χ0n) is 12.9. The Kier molecular flexibility index (Phi) is 4.12. The first-order chi connectivity index (χ1) is 10.9. The lowest BCUT2D eigenvalue weighted by molar-refractivity contribution is 0.402. The molecule has 0 spiro atoms. The number of ether oxygens (including phenoxy) is 1. The molecule has 1 aliphatic heterocycles. The molecule has 0 saturated carbocycles. The largest absolute Gasteiger partial charge is 0.495 e. The summed E-state index contributed by atoms with van der Waals surface area (Å²) in [6, 6.07) is 12.0. The number of para-hydroxylation sites is 2. The van der Waals surface area contributed by atoms with E-state index in [0.29, 0.717) is 23.8 Å². The fourth-order valence-corrected chi connectivity index (χ4v) is 4.59. The molecule has 1 aliphatic rings. The zero-order chi connectivity index (χ0) is 16.6. The second kappa shape index (κ2) is 5.94. The average Bonchev–Trinajstić information content (AvgIpc) is 2.55. The summed E-state index contributed by atoms with van der Waals surface area (Å²) in [5.41, 5.74) is 1.53. The van der Waals surface area contributed by atoms with Crippen LogP contribution in [0.4, 0.5) is 11.4 Å².